The van der Waals surface area contributed by atoms with Gasteiger partial charge in [0, 0.05) is 67.4 Å². The minimum Gasteiger partial charge on any atom is -0.481 e. The maximum Gasteiger partial charge on any atom is 0.220 e. The molecular formula is C20H21N5O2. The molecule has 4 heterocycles. The highest BCUT2D eigenvalue weighted by atomic mass is 16.5. The Morgan fingerprint density at radius 3 is 2.67 bits per heavy atom. The molecule has 0 spiro atoms. The van der Waals surface area contributed by atoms with Gasteiger partial charge in [-0.1, -0.05) is 0 Å². The highest BCUT2D eigenvalue weighted by Gasteiger charge is 2.20. The average molecular weight is 363 g/mol. The smallest absolute Gasteiger partial charge is 0.220 e. The molecule has 138 valence electrons. The first-order chi connectivity index (χ1) is 13.3. The van der Waals surface area contributed by atoms with Gasteiger partial charge in [0.05, 0.1) is 19.9 Å². The van der Waals surface area contributed by atoms with Gasteiger partial charge in [-0.25, -0.2) is 9.97 Å². The highest BCUT2D eigenvalue weighted by Crippen LogP contribution is 2.25. The summed E-state index contributed by atoms with van der Waals surface area (Å²) in [5.41, 5.74) is 4.31. The molecule has 0 unspecified atom stereocenters. The Labute approximate surface area is 158 Å². The summed E-state index contributed by atoms with van der Waals surface area (Å²) in [7, 11) is 3.23. The number of aromatic nitrogens is 4. The van der Waals surface area contributed by atoms with Crippen LogP contribution in [0.5, 0.6) is 11.8 Å². The SMILES string of the molecule is COc1ccc(CN2CCc3nc(-c4ccncc4)ncc3C2)c(OC)n1. The van der Waals surface area contributed by atoms with Crippen molar-refractivity contribution in [2.24, 2.45) is 0 Å². The van der Waals surface area contributed by atoms with Gasteiger partial charge in [0.15, 0.2) is 5.82 Å². The van der Waals surface area contributed by atoms with Gasteiger partial charge >= 0.3 is 0 Å². The monoisotopic (exact) mass is 363 g/mol. The van der Waals surface area contributed by atoms with Crippen molar-refractivity contribution in [1.82, 2.24) is 24.8 Å². The largest absolute Gasteiger partial charge is 0.481 e. The molecule has 0 N–H and O–H groups in total. The van der Waals surface area contributed by atoms with E-state index in [0.29, 0.717) is 11.8 Å². The Bertz CT molecular complexity index is 933. The van der Waals surface area contributed by atoms with Gasteiger partial charge in [-0.3, -0.25) is 9.88 Å². The molecule has 3 aromatic heterocycles. The van der Waals surface area contributed by atoms with E-state index in [-0.39, 0.29) is 0 Å². The summed E-state index contributed by atoms with van der Waals surface area (Å²) in [5.74, 6) is 1.91. The van der Waals surface area contributed by atoms with Gasteiger partial charge < -0.3 is 9.47 Å². The number of pyridine rings is 2. The van der Waals surface area contributed by atoms with Crippen LogP contribution in [0.3, 0.4) is 0 Å². The Morgan fingerprint density at radius 2 is 1.89 bits per heavy atom. The van der Waals surface area contributed by atoms with E-state index in [1.165, 1.54) is 5.56 Å². The maximum atomic E-state index is 5.42. The summed E-state index contributed by atoms with van der Waals surface area (Å²) in [6.45, 7) is 2.49. The first-order valence-corrected chi connectivity index (χ1v) is 8.82. The van der Waals surface area contributed by atoms with Gasteiger partial charge in [0.25, 0.3) is 0 Å². The van der Waals surface area contributed by atoms with Crippen LogP contribution >= 0.6 is 0 Å². The third-order valence-corrected chi connectivity index (χ3v) is 4.66. The first-order valence-electron chi connectivity index (χ1n) is 8.82. The van der Waals surface area contributed by atoms with Crippen LogP contribution in [0.4, 0.5) is 0 Å². The van der Waals surface area contributed by atoms with Crippen LogP contribution in [0.1, 0.15) is 16.8 Å². The van der Waals surface area contributed by atoms with Gasteiger partial charge in [-0.05, 0) is 18.2 Å². The third-order valence-electron chi connectivity index (χ3n) is 4.66. The Kier molecular flexibility index (Phi) is 4.93. The van der Waals surface area contributed by atoms with E-state index < -0.39 is 0 Å². The van der Waals surface area contributed by atoms with Crippen LogP contribution in [0.15, 0.2) is 42.9 Å². The van der Waals surface area contributed by atoms with Crippen LogP contribution in [-0.2, 0) is 19.5 Å². The van der Waals surface area contributed by atoms with Gasteiger partial charge in [0.2, 0.25) is 11.8 Å². The maximum absolute atomic E-state index is 5.42. The van der Waals surface area contributed by atoms with Crippen molar-refractivity contribution in [2.75, 3.05) is 20.8 Å². The van der Waals surface area contributed by atoms with E-state index in [2.05, 4.69) is 19.9 Å². The Hall–Kier alpha value is -3.06. The number of hydrogen-bond acceptors (Lipinski definition) is 7. The van der Waals surface area contributed by atoms with Crippen molar-refractivity contribution in [1.29, 1.82) is 0 Å². The van der Waals surface area contributed by atoms with Crippen molar-refractivity contribution >= 4 is 0 Å². The average Bonchev–Trinajstić information content (AvgIpc) is 2.74. The molecule has 0 bridgehead atoms. The summed E-state index contributed by atoms with van der Waals surface area (Å²) in [6.07, 6.45) is 6.35. The first kappa shape index (κ1) is 17.4. The van der Waals surface area contributed by atoms with E-state index in [0.717, 1.165) is 48.7 Å². The van der Waals surface area contributed by atoms with Crippen molar-refractivity contribution < 1.29 is 9.47 Å². The van der Waals surface area contributed by atoms with E-state index in [1.54, 1.807) is 26.6 Å². The number of nitrogens with zero attached hydrogens (tertiary/aromatic N) is 5. The molecule has 0 saturated carbocycles. The van der Waals surface area contributed by atoms with E-state index in [9.17, 15) is 0 Å². The van der Waals surface area contributed by atoms with Gasteiger partial charge in [-0.15, -0.1) is 0 Å². The number of methoxy groups -OCH3 is 2. The van der Waals surface area contributed by atoms with Crippen molar-refractivity contribution in [2.45, 2.75) is 19.5 Å². The van der Waals surface area contributed by atoms with Gasteiger partial charge in [0.1, 0.15) is 0 Å². The molecule has 1 aliphatic heterocycles. The zero-order chi connectivity index (χ0) is 18.6. The predicted octanol–water partition coefficient (Wildman–Crippen LogP) is 2.51. The normalized spacial score (nSPS) is 13.9. The third kappa shape index (κ3) is 3.73. The molecule has 7 heteroatoms. The van der Waals surface area contributed by atoms with Crippen LogP contribution < -0.4 is 9.47 Å². The second kappa shape index (κ2) is 7.67. The molecule has 0 saturated heterocycles. The topological polar surface area (TPSA) is 73.3 Å². The molecule has 1 aliphatic rings. The number of ether oxygens (including phenoxy) is 2. The van der Waals surface area contributed by atoms with Crippen LogP contribution in [0, 0.1) is 0 Å². The molecule has 4 rings (SSSR count). The number of hydrogen-bond donors (Lipinski definition) is 0. The highest BCUT2D eigenvalue weighted by molar-refractivity contribution is 5.54. The van der Waals surface area contributed by atoms with Crippen molar-refractivity contribution in [3.05, 3.63) is 59.7 Å². The Morgan fingerprint density at radius 1 is 1.04 bits per heavy atom. The van der Waals surface area contributed by atoms with E-state index >= 15 is 0 Å². The molecular weight excluding hydrogens is 342 g/mol. The minimum absolute atomic E-state index is 0.552. The molecule has 0 radical (unpaired) electrons. The lowest BCUT2D eigenvalue weighted by molar-refractivity contribution is 0.237. The van der Waals surface area contributed by atoms with E-state index in [4.69, 9.17) is 14.5 Å². The minimum atomic E-state index is 0.552. The van der Waals surface area contributed by atoms with E-state index in [1.807, 2.05) is 30.5 Å². The quantitative estimate of drug-likeness (QED) is 0.689. The predicted molar refractivity (Wildman–Crippen MR) is 100 cm³/mol. The molecule has 0 amide bonds. The Balaban J connectivity index is 1.51. The van der Waals surface area contributed by atoms with Crippen molar-refractivity contribution in [3.63, 3.8) is 0 Å². The lowest BCUT2D eigenvalue weighted by atomic mass is 10.1. The lowest BCUT2D eigenvalue weighted by Crippen LogP contribution is -2.31. The van der Waals surface area contributed by atoms with Crippen LogP contribution in [0.2, 0.25) is 0 Å². The molecule has 27 heavy (non-hydrogen) atoms. The zero-order valence-electron chi connectivity index (χ0n) is 15.4. The molecule has 0 fully saturated rings. The van der Waals surface area contributed by atoms with Crippen LogP contribution in [-0.4, -0.2) is 45.6 Å². The fourth-order valence-electron chi connectivity index (χ4n) is 3.25. The summed E-state index contributed by atoms with van der Waals surface area (Å²) in [6, 6.07) is 7.72. The standard InChI is InChI=1S/C20H21N5O2/c1-26-18-4-3-15(20(24-18)27-2)12-25-10-7-17-16(13-25)11-22-19(23-17)14-5-8-21-9-6-14/h3-6,8-9,11H,7,10,12-13H2,1-2H3. The van der Waals surface area contributed by atoms with Crippen molar-refractivity contribution in [3.8, 4) is 23.1 Å². The fraction of sp³-hybridized carbons (Fsp3) is 0.300. The molecule has 7 nitrogen and oxygen atoms in total. The number of fused-ring (bicyclic) bond motifs is 1. The summed E-state index contributed by atoms with van der Waals surface area (Å²) in [5, 5.41) is 0. The zero-order valence-corrected chi connectivity index (χ0v) is 15.4. The second-order valence-electron chi connectivity index (χ2n) is 6.38. The molecule has 0 atom stereocenters. The summed E-state index contributed by atoms with van der Waals surface area (Å²) < 4.78 is 10.6. The molecule has 0 aliphatic carbocycles. The number of rotatable bonds is 5. The van der Waals surface area contributed by atoms with Gasteiger partial charge in [-0.2, -0.15) is 4.98 Å². The lowest BCUT2D eigenvalue weighted by Gasteiger charge is -2.28. The molecule has 3 aromatic rings. The second-order valence-corrected chi connectivity index (χ2v) is 6.38. The fourth-order valence-corrected chi connectivity index (χ4v) is 3.25. The summed E-state index contributed by atoms with van der Waals surface area (Å²) in [4.78, 5) is 20.1. The molecule has 0 aromatic carbocycles. The van der Waals surface area contributed by atoms with Crippen LogP contribution in [0.25, 0.3) is 11.4 Å². The summed E-state index contributed by atoms with van der Waals surface area (Å²) >= 11 is 0.